The standard InChI is InChI=1S/C74H44N4/c1-3-25-47-45(23-1)63(53-31-5-15-41-19-11-35-75-71(41)53)67-51-29-9-27-49-58-40-60-62-50(57(58)39-59(61(49)51)69(67)65(47)55-33-7-17-43-21-13-37-77-73(43)55)28-10-30-52(62)68-64(54-32-6-16-42-20-12-36-76-72(42)54)46-24-2-4-26-48(46)66(70(60)68)56-34-8-18-44-22-14-38-78-74(44)56/h1-33,35-40,47,56,65H,34H2. The Kier molecular flexibility index (Phi) is 8.59. The molecular weight excluding hydrogens is 945 g/mol. The van der Waals surface area contributed by atoms with Gasteiger partial charge in [0, 0.05) is 75.4 Å². The molecule has 0 fully saturated rings. The molecule has 11 aromatic carbocycles. The molecule has 4 aromatic heterocycles. The number of hydrogen-bond donors (Lipinski definition) is 0. The molecule has 0 N–H and O–H groups in total. The van der Waals surface area contributed by atoms with Gasteiger partial charge in [0.15, 0.2) is 0 Å². The fourth-order valence-electron chi connectivity index (χ4n) is 15.1. The predicted octanol–water partition coefficient (Wildman–Crippen LogP) is 18.6. The molecule has 3 aliphatic carbocycles. The van der Waals surface area contributed by atoms with Crippen molar-refractivity contribution in [3.05, 3.63) is 276 Å². The van der Waals surface area contributed by atoms with E-state index in [1.54, 1.807) is 0 Å². The summed E-state index contributed by atoms with van der Waals surface area (Å²) in [7, 11) is 0. The van der Waals surface area contributed by atoms with Crippen molar-refractivity contribution in [1.82, 2.24) is 19.9 Å². The number of allylic oxidation sites excluding steroid dienone is 6. The lowest BCUT2D eigenvalue weighted by Gasteiger charge is -2.36. The van der Waals surface area contributed by atoms with Crippen molar-refractivity contribution in [2.75, 3.05) is 0 Å². The fourth-order valence-corrected chi connectivity index (χ4v) is 15.1. The maximum atomic E-state index is 5.21. The Morgan fingerprint density at radius 1 is 0.385 bits per heavy atom. The van der Waals surface area contributed by atoms with Gasteiger partial charge >= 0.3 is 0 Å². The van der Waals surface area contributed by atoms with E-state index in [4.69, 9.17) is 19.9 Å². The molecular formula is C74H44N4. The molecule has 0 radical (unpaired) electrons. The van der Waals surface area contributed by atoms with Crippen LogP contribution in [0.3, 0.4) is 0 Å². The van der Waals surface area contributed by atoms with Crippen molar-refractivity contribution >= 4 is 120 Å². The Bertz CT molecular complexity index is 5250. The minimum absolute atomic E-state index is 0.0246. The van der Waals surface area contributed by atoms with Crippen LogP contribution < -0.4 is 0 Å². The number of pyridine rings is 4. The molecule has 3 aliphatic rings. The van der Waals surface area contributed by atoms with Gasteiger partial charge in [0.2, 0.25) is 0 Å². The van der Waals surface area contributed by atoms with Gasteiger partial charge < -0.3 is 0 Å². The normalized spacial score (nSPS) is 17.1. The molecule has 0 aliphatic heterocycles. The van der Waals surface area contributed by atoms with E-state index in [1.807, 2.05) is 30.9 Å². The van der Waals surface area contributed by atoms with E-state index in [-0.39, 0.29) is 17.8 Å². The van der Waals surface area contributed by atoms with Crippen LogP contribution in [-0.2, 0) is 0 Å². The van der Waals surface area contributed by atoms with E-state index in [9.17, 15) is 0 Å². The number of hydrogen-bond acceptors (Lipinski definition) is 4. The number of fused-ring (bicyclic) bond motifs is 15. The van der Waals surface area contributed by atoms with Gasteiger partial charge in [-0.05, 0) is 157 Å². The van der Waals surface area contributed by atoms with Gasteiger partial charge in [-0.1, -0.05) is 176 Å². The highest BCUT2D eigenvalue weighted by molar-refractivity contribution is 6.42. The van der Waals surface area contributed by atoms with E-state index >= 15 is 0 Å². The molecule has 15 aromatic rings. The molecule has 0 bridgehead atoms. The maximum Gasteiger partial charge on any atom is 0.0780 e. The van der Waals surface area contributed by atoms with E-state index in [1.165, 1.54) is 125 Å². The van der Waals surface area contributed by atoms with Crippen molar-refractivity contribution in [2.45, 2.75) is 18.3 Å². The first-order chi connectivity index (χ1) is 38.8. The minimum Gasteiger partial charge on any atom is -0.260 e. The van der Waals surface area contributed by atoms with Crippen LogP contribution in [0.1, 0.15) is 57.3 Å². The first kappa shape index (κ1) is 42.3. The van der Waals surface area contributed by atoms with Crippen LogP contribution in [-0.4, -0.2) is 19.9 Å². The summed E-state index contributed by atoms with van der Waals surface area (Å²) in [5.41, 5.74) is 16.8. The Morgan fingerprint density at radius 3 is 1.78 bits per heavy atom. The second-order valence-corrected chi connectivity index (χ2v) is 21.7. The van der Waals surface area contributed by atoms with Gasteiger partial charge in [-0.15, -0.1) is 0 Å². The maximum absolute atomic E-state index is 5.21. The SMILES string of the molecule is C1=CC2=C(c3cccc4cccnc34)c3c(c4cc5c(cc6c7c(C8CC=Cc9cccnc98)c8ccccc8c(-c8cccc9cccnc89)c7c7cccc5c76)c5cccc3c45)C(c3cccc4cccnc34)C2C=C1. The molecule has 18 rings (SSSR count). The largest absolute Gasteiger partial charge is 0.260 e. The van der Waals surface area contributed by atoms with E-state index in [2.05, 4.69) is 206 Å². The fraction of sp³-hybridized carbons (Fsp3) is 0.0541. The lowest BCUT2D eigenvalue weighted by molar-refractivity contribution is 0.658. The zero-order valence-electron chi connectivity index (χ0n) is 42.2. The van der Waals surface area contributed by atoms with Crippen molar-refractivity contribution in [1.29, 1.82) is 0 Å². The Labute approximate surface area is 448 Å². The predicted molar refractivity (Wildman–Crippen MR) is 325 cm³/mol. The van der Waals surface area contributed by atoms with Crippen molar-refractivity contribution < 1.29 is 0 Å². The number of rotatable bonds is 4. The molecule has 4 heteroatoms. The summed E-state index contributed by atoms with van der Waals surface area (Å²) in [6, 6.07) is 65.7. The third-order valence-electron chi connectivity index (χ3n) is 18.0. The van der Waals surface area contributed by atoms with Crippen LogP contribution in [0.4, 0.5) is 0 Å². The van der Waals surface area contributed by atoms with Gasteiger partial charge in [-0.25, -0.2) is 0 Å². The van der Waals surface area contributed by atoms with Crippen LogP contribution in [0, 0.1) is 5.92 Å². The van der Waals surface area contributed by atoms with Crippen LogP contribution in [0.25, 0.3) is 131 Å². The van der Waals surface area contributed by atoms with E-state index in [0.29, 0.717) is 0 Å². The van der Waals surface area contributed by atoms with Crippen molar-refractivity contribution in [2.24, 2.45) is 5.92 Å². The summed E-state index contributed by atoms with van der Waals surface area (Å²) < 4.78 is 0. The third kappa shape index (κ3) is 5.58. The number of para-hydroxylation sites is 3. The monoisotopic (exact) mass is 988 g/mol. The van der Waals surface area contributed by atoms with Gasteiger partial charge in [0.25, 0.3) is 0 Å². The second-order valence-electron chi connectivity index (χ2n) is 21.7. The average Bonchev–Trinajstić information content (AvgIpc) is 4.10. The van der Waals surface area contributed by atoms with Crippen molar-refractivity contribution in [3.63, 3.8) is 0 Å². The molecule has 360 valence electrons. The highest BCUT2D eigenvalue weighted by atomic mass is 14.7. The summed E-state index contributed by atoms with van der Waals surface area (Å²) in [6.45, 7) is 0. The summed E-state index contributed by atoms with van der Waals surface area (Å²) in [5, 5.41) is 21.3. The lowest BCUT2D eigenvalue weighted by atomic mass is 9.66. The van der Waals surface area contributed by atoms with Crippen LogP contribution >= 0.6 is 0 Å². The molecule has 3 atom stereocenters. The highest BCUT2D eigenvalue weighted by Gasteiger charge is 2.41. The van der Waals surface area contributed by atoms with Gasteiger partial charge in [-0.2, -0.15) is 0 Å². The number of benzene rings is 9. The topological polar surface area (TPSA) is 51.6 Å². The molecule has 0 amide bonds. The number of aromatic nitrogens is 4. The highest BCUT2D eigenvalue weighted by Crippen LogP contribution is 2.60. The van der Waals surface area contributed by atoms with Gasteiger partial charge in [0.05, 0.1) is 22.2 Å². The Morgan fingerprint density at radius 2 is 0.987 bits per heavy atom. The zero-order valence-corrected chi connectivity index (χ0v) is 42.2. The first-order valence-electron chi connectivity index (χ1n) is 27.3. The van der Waals surface area contributed by atoms with Crippen molar-refractivity contribution in [3.8, 4) is 11.1 Å². The Hall–Kier alpha value is -9.90. The average molecular weight is 989 g/mol. The van der Waals surface area contributed by atoms with Crippen LogP contribution in [0.5, 0.6) is 0 Å². The molecule has 0 saturated carbocycles. The molecule has 4 nitrogen and oxygen atoms in total. The third-order valence-corrected chi connectivity index (χ3v) is 18.0. The van der Waals surface area contributed by atoms with E-state index < -0.39 is 0 Å². The van der Waals surface area contributed by atoms with Gasteiger partial charge in [0.1, 0.15) is 0 Å². The summed E-state index contributed by atoms with van der Waals surface area (Å²) in [4.78, 5) is 20.7. The molecule has 78 heavy (non-hydrogen) atoms. The summed E-state index contributed by atoms with van der Waals surface area (Å²) in [6.07, 6.45) is 22.6. The van der Waals surface area contributed by atoms with E-state index in [0.717, 1.165) is 50.4 Å². The second kappa shape index (κ2) is 15.8. The molecule has 0 saturated heterocycles. The smallest absolute Gasteiger partial charge is 0.0780 e. The number of nitrogens with zero attached hydrogens (tertiary/aromatic N) is 4. The van der Waals surface area contributed by atoms with Crippen LogP contribution in [0.2, 0.25) is 0 Å². The summed E-state index contributed by atoms with van der Waals surface area (Å²) >= 11 is 0. The first-order valence-corrected chi connectivity index (χ1v) is 27.3. The Balaban J connectivity index is 1.03. The minimum atomic E-state index is -0.0246. The van der Waals surface area contributed by atoms with Gasteiger partial charge in [-0.3, -0.25) is 19.9 Å². The molecule has 0 spiro atoms. The zero-order chi connectivity index (χ0) is 50.7. The molecule has 3 unspecified atom stereocenters. The quantitative estimate of drug-likeness (QED) is 0.165. The van der Waals surface area contributed by atoms with Crippen LogP contribution in [0.15, 0.2) is 237 Å². The molecule has 4 heterocycles. The lowest BCUT2D eigenvalue weighted by Crippen LogP contribution is -2.22. The summed E-state index contributed by atoms with van der Waals surface area (Å²) in [5.74, 6) is 0.0559.